The molecule has 1 saturated heterocycles. The van der Waals surface area contributed by atoms with Crippen molar-refractivity contribution in [3.05, 3.63) is 41.6 Å². The lowest BCUT2D eigenvalue weighted by Gasteiger charge is -2.33. The minimum absolute atomic E-state index is 0.0162. The van der Waals surface area contributed by atoms with Crippen molar-refractivity contribution in [2.45, 2.75) is 19.4 Å². The molecule has 7 nitrogen and oxygen atoms in total. The highest BCUT2D eigenvalue weighted by Crippen LogP contribution is 2.18. The zero-order valence-electron chi connectivity index (χ0n) is 12.7. The van der Waals surface area contributed by atoms with Gasteiger partial charge in [-0.3, -0.25) is 24.1 Å². The normalized spacial score (nSPS) is 19.5. The van der Waals surface area contributed by atoms with Gasteiger partial charge < -0.3 is 10.1 Å². The Hall–Kier alpha value is -2.96. The Morgan fingerprint density at radius 2 is 1.91 bits per heavy atom. The fourth-order valence-electron chi connectivity index (χ4n) is 2.26. The van der Waals surface area contributed by atoms with Gasteiger partial charge in [0, 0.05) is 6.92 Å². The maximum Gasteiger partial charge on any atom is 0.308 e. The van der Waals surface area contributed by atoms with Crippen LogP contribution in [0.5, 0.6) is 0 Å². The lowest BCUT2D eigenvalue weighted by atomic mass is 10.1. The third kappa shape index (κ3) is 3.63. The molecule has 1 heterocycles. The monoisotopic (exact) mass is 316 g/mol. The van der Waals surface area contributed by atoms with Crippen LogP contribution in [0.15, 0.2) is 36.0 Å². The summed E-state index contributed by atoms with van der Waals surface area (Å²) in [5.41, 5.74) is 0.684. The van der Waals surface area contributed by atoms with Crippen LogP contribution in [0.4, 0.5) is 0 Å². The van der Waals surface area contributed by atoms with Crippen LogP contribution in [0.1, 0.15) is 18.9 Å². The number of carbonyl (C=O) groups is 4. The van der Waals surface area contributed by atoms with E-state index in [1.807, 2.05) is 6.07 Å². The summed E-state index contributed by atoms with van der Waals surface area (Å²) in [5.74, 6) is -2.56. The number of hydrogen-bond donors (Lipinski definition) is 1. The second kappa shape index (κ2) is 6.87. The lowest BCUT2D eigenvalue weighted by Crippen LogP contribution is -2.59. The van der Waals surface area contributed by atoms with Gasteiger partial charge in [0.1, 0.15) is 11.7 Å². The SMILES string of the molecule is COC(=O)CC1C(=O)N/C(=C\c2ccccc2)C(=O)N1C(C)=O. The molecule has 0 saturated carbocycles. The number of benzene rings is 1. The van der Waals surface area contributed by atoms with Gasteiger partial charge in [0.2, 0.25) is 11.8 Å². The highest BCUT2D eigenvalue weighted by Gasteiger charge is 2.41. The van der Waals surface area contributed by atoms with Crippen molar-refractivity contribution in [2.24, 2.45) is 0 Å². The second-order valence-corrected chi connectivity index (χ2v) is 4.95. The van der Waals surface area contributed by atoms with E-state index in [9.17, 15) is 19.2 Å². The predicted molar refractivity (Wildman–Crippen MR) is 80.5 cm³/mol. The summed E-state index contributed by atoms with van der Waals surface area (Å²) in [7, 11) is 1.17. The smallest absolute Gasteiger partial charge is 0.308 e. The van der Waals surface area contributed by atoms with Gasteiger partial charge in [0.15, 0.2) is 0 Å². The molecule has 3 amide bonds. The summed E-state index contributed by atoms with van der Waals surface area (Å²) in [4.78, 5) is 48.6. The number of methoxy groups -OCH3 is 1. The van der Waals surface area contributed by atoms with Gasteiger partial charge >= 0.3 is 5.97 Å². The summed E-state index contributed by atoms with van der Waals surface area (Å²) in [6, 6.07) is 7.68. The Kier molecular flexibility index (Phi) is 4.90. The van der Waals surface area contributed by atoms with Crippen molar-refractivity contribution in [1.29, 1.82) is 0 Å². The van der Waals surface area contributed by atoms with E-state index in [1.165, 1.54) is 20.1 Å². The van der Waals surface area contributed by atoms with Crippen molar-refractivity contribution in [3.63, 3.8) is 0 Å². The summed E-state index contributed by atoms with van der Waals surface area (Å²) in [6.45, 7) is 1.17. The molecule has 1 aliphatic heterocycles. The molecule has 1 fully saturated rings. The van der Waals surface area contributed by atoms with Crippen molar-refractivity contribution < 1.29 is 23.9 Å². The Morgan fingerprint density at radius 1 is 1.26 bits per heavy atom. The molecule has 0 aliphatic carbocycles. The van der Waals surface area contributed by atoms with Crippen molar-refractivity contribution >= 4 is 29.8 Å². The maximum atomic E-state index is 12.5. The zero-order valence-corrected chi connectivity index (χ0v) is 12.7. The van der Waals surface area contributed by atoms with E-state index < -0.39 is 29.7 Å². The number of ether oxygens (including phenoxy) is 1. The van der Waals surface area contributed by atoms with Crippen LogP contribution in [0.25, 0.3) is 6.08 Å². The Balaban J connectivity index is 2.34. The first-order valence-electron chi connectivity index (χ1n) is 6.92. The molecule has 1 aromatic rings. The minimum Gasteiger partial charge on any atom is -0.469 e. The van der Waals surface area contributed by atoms with Crippen molar-refractivity contribution in [2.75, 3.05) is 7.11 Å². The van der Waals surface area contributed by atoms with Gasteiger partial charge in [-0.2, -0.15) is 0 Å². The maximum absolute atomic E-state index is 12.5. The summed E-state index contributed by atoms with van der Waals surface area (Å²) >= 11 is 0. The van der Waals surface area contributed by atoms with Crippen LogP contribution < -0.4 is 5.32 Å². The zero-order chi connectivity index (χ0) is 17.0. The van der Waals surface area contributed by atoms with Crippen molar-refractivity contribution in [1.82, 2.24) is 10.2 Å². The highest BCUT2D eigenvalue weighted by atomic mass is 16.5. The van der Waals surface area contributed by atoms with Gasteiger partial charge in [0.05, 0.1) is 13.5 Å². The number of imide groups is 1. The summed E-state index contributed by atoms with van der Waals surface area (Å²) < 4.78 is 4.50. The number of rotatable bonds is 3. The molecular formula is C16H16N2O5. The molecule has 1 aliphatic rings. The van der Waals surface area contributed by atoms with Crippen LogP contribution in [-0.4, -0.2) is 41.7 Å². The molecular weight excluding hydrogens is 300 g/mol. The molecule has 0 radical (unpaired) electrons. The molecule has 7 heteroatoms. The number of piperazine rings is 1. The highest BCUT2D eigenvalue weighted by molar-refractivity contribution is 6.14. The summed E-state index contributed by atoms with van der Waals surface area (Å²) in [6.07, 6.45) is 1.09. The third-order valence-electron chi connectivity index (χ3n) is 3.36. The first kappa shape index (κ1) is 16.4. The average Bonchev–Trinajstić information content (AvgIpc) is 2.52. The second-order valence-electron chi connectivity index (χ2n) is 4.95. The van der Waals surface area contributed by atoms with E-state index in [1.54, 1.807) is 24.3 Å². The fourth-order valence-corrected chi connectivity index (χ4v) is 2.26. The number of nitrogens with zero attached hydrogens (tertiary/aromatic N) is 1. The van der Waals surface area contributed by atoms with E-state index >= 15 is 0 Å². The minimum atomic E-state index is -1.21. The van der Waals surface area contributed by atoms with Crippen LogP contribution in [0, 0.1) is 0 Å². The largest absolute Gasteiger partial charge is 0.469 e. The third-order valence-corrected chi connectivity index (χ3v) is 3.36. The number of esters is 1. The number of carbonyl (C=O) groups excluding carboxylic acids is 4. The Labute approximate surface area is 132 Å². The molecule has 2 rings (SSSR count). The molecule has 0 bridgehead atoms. The number of nitrogens with one attached hydrogen (secondary N) is 1. The average molecular weight is 316 g/mol. The molecule has 1 N–H and O–H groups in total. The molecule has 120 valence electrons. The molecule has 1 atom stereocenters. The van der Waals surface area contributed by atoms with Crippen LogP contribution in [0.3, 0.4) is 0 Å². The van der Waals surface area contributed by atoms with E-state index in [4.69, 9.17) is 0 Å². The van der Waals surface area contributed by atoms with Crippen LogP contribution in [0.2, 0.25) is 0 Å². The van der Waals surface area contributed by atoms with E-state index in [2.05, 4.69) is 10.1 Å². The van der Waals surface area contributed by atoms with Gasteiger partial charge in [0.25, 0.3) is 5.91 Å². The van der Waals surface area contributed by atoms with Gasteiger partial charge in [-0.25, -0.2) is 0 Å². The first-order chi connectivity index (χ1) is 10.9. The van der Waals surface area contributed by atoms with E-state index in [0.717, 1.165) is 4.90 Å². The predicted octanol–water partition coefficient (Wildman–Crippen LogP) is 0.464. The molecule has 0 spiro atoms. The number of amides is 3. The van der Waals surface area contributed by atoms with Gasteiger partial charge in [-0.05, 0) is 11.6 Å². The lowest BCUT2D eigenvalue weighted by molar-refractivity contribution is -0.155. The standard InChI is InChI=1S/C16H16N2O5/c1-10(19)18-13(9-14(20)23-2)15(21)17-12(16(18)22)8-11-6-4-3-5-7-11/h3-8,13H,9H2,1-2H3,(H,17,21)/b12-8-. The van der Waals surface area contributed by atoms with Gasteiger partial charge in [-0.15, -0.1) is 0 Å². The molecule has 0 aromatic heterocycles. The molecule has 1 aromatic carbocycles. The van der Waals surface area contributed by atoms with Crippen LogP contribution >= 0.6 is 0 Å². The Bertz CT molecular complexity index is 681. The van der Waals surface area contributed by atoms with Crippen LogP contribution in [-0.2, 0) is 23.9 Å². The van der Waals surface area contributed by atoms with E-state index in [-0.39, 0.29) is 12.1 Å². The van der Waals surface area contributed by atoms with E-state index in [0.29, 0.717) is 5.56 Å². The molecule has 23 heavy (non-hydrogen) atoms. The quantitative estimate of drug-likeness (QED) is 0.646. The topological polar surface area (TPSA) is 92.8 Å². The van der Waals surface area contributed by atoms with Crippen molar-refractivity contribution in [3.8, 4) is 0 Å². The summed E-state index contributed by atoms with van der Waals surface area (Å²) in [5, 5.41) is 2.45. The first-order valence-corrected chi connectivity index (χ1v) is 6.92. The fraction of sp³-hybridized carbons (Fsp3) is 0.250. The number of hydrogen-bond acceptors (Lipinski definition) is 5. The molecule has 1 unspecified atom stereocenters. The van der Waals surface area contributed by atoms with Gasteiger partial charge in [-0.1, -0.05) is 30.3 Å². The Morgan fingerprint density at radius 3 is 2.48 bits per heavy atom.